The lowest BCUT2D eigenvalue weighted by atomic mass is 10.2. The number of benzene rings is 2. The average Bonchev–Trinajstić information content (AvgIpc) is 2.54. The fraction of sp³-hybridized carbons (Fsp3) is 0.111. The zero-order valence-corrected chi connectivity index (χ0v) is 13.5. The van der Waals surface area contributed by atoms with Gasteiger partial charge in [0.1, 0.15) is 5.75 Å². The Bertz CT molecular complexity index is 712. The van der Waals surface area contributed by atoms with Gasteiger partial charge in [-0.25, -0.2) is 5.43 Å². The maximum Gasteiger partial charge on any atom is 0.277 e. The van der Waals surface area contributed by atoms with Crippen molar-refractivity contribution < 1.29 is 9.53 Å². The number of rotatable bonds is 6. The molecule has 1 amide bonds. The monoisotopic (exact) mass is 328 g/mol. The maximum atomic E-state index is 11.6. The normalized spacial score (nSPS) is 11.0. The first-order chi connectivity index (χ1) is 11.1. The molecule has 0 saturated heterocycles. The van der Waals surface area contributed by atoms with Crippen LogP contribution in [-0.2, 0) is 4.79 Å². The zero-order chi connectivity index (χ0) is 16.5. The molecular formula is C18H17ClN2O2. The van der Waals surface area contributed by atoms with Gasteiger partial charge in [-0.15, -0.1) is 0 Å². The first-order valence-electron chi connectivity index (χ1n) is 7.08. The van der Waals surface area contributed by atoms with Crippen LogP contribution in [0.3, 0.4) is 0 Å². The van der Waals surface area contributed by atoms with Crippen LogP contribution in [0.5, 0.6) is 5.75 Å². The number of hydrogen-bond acceptors (Lipinski definition) is 3. The van der Waals surface area contributed by atoms with Gasteiger partial charge in [0.2, 0.25) is 0 Å². The molecule has 0 aliphatic carbocycles. The van der Waals surface area contributed by atoms with Gasteiger partial charge in [-0.3, -0.25) is 4.79 Å². The average molecular weight is 329 g/mol. The van der Waals surface area contributed by atoms with Crippen molar-refractivity contribution in [2.45, 2.75) is 6.92 Å². The number of aryl methyl sites for hydroxylation is 1. The molecule has 0 bridgehead atoms. The summed E-state index contributed by atoms with van der Waals surface area (Å²) >= 11 is 5.86. The molecule has 0 saturated carbocycles. The Morgan fingerprint density at radius 2 is 2.04 bits per heavy atom. The van der Waals surface area contributed by atoms with Gasteiger partial charge in [0, 0.05) is 11.2 Å². The Morgan fingerprint density at radius 1 is 1.26 bits per heavy atom. The highest BCUT2D eigenvalue weighted by Gasteiger charge is 2.04. The molecule has 2 rings (SSSR count). The van der Waals surface area contributed by atoms with E-state index in [0.717, 1.165) is 11.1 Å². The Kier molecular flexibility index (Phi) is 6.39. The van der Waals surface area contributed by atoms with Crippen molar-refractivity contribution in [2.24, 2.45) is 5.10 Å². The molecule has 0 atom stereocenters. The molecule has 5 heteroatoms. The molecule has 0 aliphatic heterocycles. The van der Waals surface area contributed by atoms with Gasteiger partial charge in [0.25, 0.3) is 5.91 Å². The van der Waals surface area contributed by atoms with Crippen LogP contribution in [0.25, 0.3) is 6.08 Å². The van der Waals surface area contributed by atoms with Gasteiger partial charge in [0.05, 0.1) is 0 Å². The van der Waals surface area contributed by atoms with Crippen LogP contribution in [-0.4, -0.2) is 18.7 Å². The molecule has 0 spiro atoms. The topological polar surface area (TPSA) is 50.7 Å². The summed E-state index contributed by atoms with van der Waals surface area (Å²) in [7, 11) is 0. The summed E-state index contributed by atoms with van der Waals surface area (Å²) < 4.78 is 5.42. The fourth-order valence-electron chi connectivity index (χ4n) is 1.82. The van der Waals surface area contributed by atoms with Gasteiger partial charge in [-0.2, -0.15) is 5.10 Å². The van der Waals surface area contributed by atoms with Crippen LogP contribution in [0, 0.1) is 6.92 Å². The van der Waals surface area contributed by atoms with Crippen LogP contribution >= 0.6 is 11.6 Å². The Morgan fingerprint density at radius 3 is 2.78 bits per heavy atom. The zero-order valence-electron chi connectivity index (χ0n) is 12.7. The lowest BCUT2D eigenvalue weighted by Crippen LogP contribution is -2.24. The number of carbonyl (C=O) groups is 1. The van der Waals surface area contributed by atoms with E-state index in [1.54, 1.807) is 24.3 Å². The second-order valence-electron chi connectivity index (χ2n) is 4.78. The molecule has 2 aromatic rings. The summed E-state index contributed by atoms with van der Waals surface area (Å²) in [4.78, 5) is 11.6. The first kappa shape index (κ1) is 16.8. The van der Waals surface area contributed by atoms with E-state index in [9.17, 15) is 4.79 Å². The minimum Gasteiger partial charge on any atom is -0.483 e. The number of ether oxygens (including phenoxy) is 1. The summed E-state index contributed by atoms with van der Waals surface area (Å²) in [5, 5.41) is 4.46. The summed E-state index contributed by atoms with van der Waals surface area (Å²) in [5.41, 5.74) is 4.33. The number of hydrazone groups is 1. The second-order valence-corrected chi connectivity index (χ2v) is 5.22. The van der Waals surface area contributed by atoms with E-state index in [-0.39, 0.29) is 12.5 Å². The Labute approximate surface area is 140 Å². The fourth-order valence-corrected chi connectivity index (χ4v) is 2.05. The molecule has 0 aromatic heterocycles. The first-order valence-corrected chi connectivity index (χ1v) is 7.45. The minimum atomic E-state index is -0.330. The van der Waals surface area contributed by atoms with Gasteiger partial charge < -0.3 is 4.74 Å². The lowest BCUT2D eigenvalue weighted by Gasteiger charge is -2.08. The molecule has 2 aromatic carbocycles. The molecule has 1 N–H and O–H groups in total. The molecule has 0 aliphatic rings. The summed E-state index contributed by atoms with van der Waals surface area (Å²) in [6, 6.07) is 15.0. The van der Waals surface area contributed by atoms with Gasteiger partial charge in [-0.1, -0.05) is 48.0 Å². The van der Waals surface area contributed by atoms with Crippen LogP contribution in [0.1, 0.15) is 11.1 Å². The number of carbonyl (C=O) groups excluding carboxylic acids is 1. The predicted molar refractivity (Wildman–Crippen MR) is 93.8 cm³/mol. The minimum absolute atomic E-state index is 0.109. The number of halogens is 1. The largest absolute Gasteiger partial charge is 0.483 e. The third kappa shape index (κ3) is 5.96. The van der Waals surface area contributed by atoms with Crippen LogP contribution < -0.4 is 10.2 Å². The molecule has 0 radical (unpaired) electrons. The summed E-state index contributed by atoms with van der Waals surface area (Å²) in [6.45, 7) is 1.76. The molecule has 23 heavy (non-hydrogen) atoms. The number of allylic oxidation sites excluding steroid dienone is 1. The van der Waals surface area contributed by atoms with Crippen molar-refractivity contribution in [3.63, 3.8) is 0 Å². The molecule has 0 unspecified atom stereocenters. The summed E-state index contributed by atoms with van der Waals surface area (Å²) in [6.07, 6.45) is 5.15. The van der Waals surface area contributed by atoms with Crippen molar-refractivity contribution in [3.8, 4) is 5.75 Å². The third-order valence-corrected chi connectivity index (χ3v) is 3.17. The standard InChI is InChI=1S/C18H17ClN2O2/c1-14-12-16(19)9-10-17(14)23-13-18(22)21-20-11-5-8-15-6-3-2-4-7-15/h2-12H,13H2,1H3,(H,21,22)/b8-5+,20-11-. The van der Waals surface area contributed by atoms with Crippen LogP contribution in [0.15, 0.2) is 59.7 Å². The van der Waals surface area contributed by atoms with E-state index in [2.05, 4.69) is 10.5 Å². The highest BCUT2D eigenvalue weighted by atomic mass is 35.5. The SMILES string of the molecule is Cc1cc(Cl)ccc1OCC(=O)N/N=C\C=C\c1ccccc1. The number of nitrogens with zero attached hydrogens (tertiary/aromatic N) is 1. The lowest BCUT2D eigenvalue weighted by molar-refractivity contribution is -0.123. The second kappa shape index (κ2) is 8.76. The van der Waals surface area contributed by atoms with Crippen molar-refractivity contribution in [2.75, 3.05) is 6.61 Å². The van der Waals surface area contributed by atoms with E-state index >= 15 is 0 Å². The molecule has 0 fully saturated rings. The van der Waals surface area contributed by atoms with Gasteiger partial charge in [0.15, 0.2) is 6.61 Å². The predicted octanol–water partition coefficient (Wildman–Crippen LogP) is 3.84. The number of hydrogen-bond donors (Lipinski definition) is 1. The quantitative estimate of drug-likeness (QED) is 0.647. The van der Waals surface area contributed by atoms with E-state index in [1.165, 1.54) is 6.21 Å². The van der Waals surface area contributed by atoms with E-state index in [1.807, 2.05) is 43.3 Å². The van der Waals surface area contributed by atoms with Crippen molar-refractivity contribution in [1.29, 1.82) is 0 Å². The van der Waals surface area contributed by atoms with E-state index in [4.69, 9.17) is 16.3 Å². The number of nitrogens with one attached hydrogen (secondary N) is 1. The smallest absolute Gasteiger partial charge is 0.277 e. The van der Waals surface area contributed by atoms with Crippen molar-refractivity contribution in [3.05, 3.63) is 70.8 Å². The number of amides is 1. The Balaban J connectivity index is 1.74. The Hall–Kier alpha value is -2.59. The van der Waals surface area contributed by atoms with Crippen LogP contribution in [0.2, 0.25) is 5.02 Å². The molecule has 118 valence electrons. The highest BCUT2D eigenvalue weighted by molar-refractivity contribution is 6.30. The highest BCUT2D eigenvalue weighted by Crippen LogP contribution is 2.21. The van der Waals surface area contributed by atoms with E-state index < -0.39 is 0 Å². The van der Waals surface area contributed by atoms with Crippen LogP contribution in [0.4, 0.5) is 0 Å². The van der Waals surface area contributed by atoms with Gasteiger partial charge in [-0.05, 0) is 42.3 Å². The van der Waals surface area contributed by atoms with Crippen molar-refractivity contribution in [1.82, 2.24) is 5.43 Å². The molecule has 0 heterocycles. The van der Waals surface area contributed by atoms with Gasteiger partial charge >= 0.3 is 0 Å². The van der Waals surface area contributed by atoms with Crippen molar-refractivity contribution >= 4 is 29.8 Å². The van der Waals surface area contributed by atoms with E-state index in [0.29, 0.717) is 10.8 Å². The molecular weight excluding hydrogens is 312 g/mol. The third-order valence-electron chi connectivity index (χ3n) is 2.93. The molecule has 4 nitrogen and oxygen atoms in total. The maximum absolute atomic E-state index is 11.6. The summed E-state index contributed by atoms with van der Waals surface area (Å²) in [5.74, 6) is 0.293.